The zero-order valence-electron chi connectivity index (χ0n) is 13.5. The van der Waals surface area contributed by atoms with E-state index in [4.69, 9.17) is 10.5 Å². The molecule has 0 spiro atoms. The molecule has 1 aromatic rings. The molecule has 122 valence electrons. The molecule has 1 saturated carbocycles. The van der Waals surface area contributed by atoms with Crippen LogP contribution < -0.4 is 15.8 Å². The van der Waals surface area contributed by atoms with Gasteiger partial charge in [-0.25, -0.2) is 4.98 Å². The maximum absolute atomic E-state index is 6.08. The normalized spacial score (nSPS) is 18.6. The van der Waals surface area contributed by atoms with E-state index in [-0.39, 0.29) is 0 Å². The average molecular weight is 305 g/mol. The summed E-state index contributed by atoms with van der Waals surface area (Å²) in [5, 5.41) is 3.36. The molecule has 0 bridgehead atoms. The number of nitrogens with one attached hydrogen (secondary N) is 1. The molecule has 1 aromatic heterocycles. The minimum atomic E-state index is 0.491. The van der Waals surface area contributed by atoms with Crippen LogP contribution in [-0.2, 0) is 0 Å². The van der Waals surface area contributed by atoms with Gasteiger partial charge in [-0.1, -0.05) is 0 Å². The van der Waals surface area contributed by atoms with Crippen LogP contribution in [0.4, 0.5) is 11.5 Å². The third-order valence-electron chi connectivity index (χ3n) is 4.46. The van der Waals surface area contributed by atoms with Gasteiger partial charge in [-0.2, -0.15) is 4.98 Å². The van der Waals surface area contributed by atoms with Crippen molar-refractivity contribution in [2.24, 2.45) is 0 Å². The highest BCUT2D eigenvalue weighted by Gasteiger charge is 2.28. The fraction of sp³-hybridized carbons (Fsp3) is 0.750. The largest absolute Gasteiger partial charge is 0.479 e. The maximum atomic E-state index is 6.08. The van der Waals surface area contributed by atoms with Crippen molar-refractivity contribution in [2.45, 2.75) is 44.4 Å². The Morgan fingerprint density at radius 3 is 2.68 bits per heavy atom. The number of nitrogens with two attached hydrogens (primary N) is 1. The Morgan fingerprint density at radius 2 is 2.00 bits per heavy atom. The van der Waals surface area contributed by atoms with E-state index in [1.165, 1.54) is 51.7 Å². The van der Waals surface area contributed by atoms with Crippen LogP contribution in [0.25, 0.3) is 0 Å². The molecule has 22 heavy (non-hydrogen) atoms. The van der Waals surface area contributed by atoms with Crippen molar-refractivity contribution in [1.29, 1.82) is 0 Å². The molecule has 2 heterocycles. The SMILES string of the molecule is COc1nc(C2CC2)nc(NCCCCN2CCCC2)c1N. The number of hydrogen-bond donors (Lipinski definition) is 2. The van der Waals surface area contributed by atoms with Crippen LogP contribution >= 0.6 is 0 Å². The van der Waals surface area contributed by atoms with E-state index in [0.29, 0.717) is 17.5 Å². The molecule has 1 aliphatic carbocycles. The summed E-state index contributed by atoms with van der Waals surface area (Å²) >= 11 is 0. The van der Waals surface area contributed by atoms with Gasteiger partial charge in [-0.05, 0) is 58.2 Å². The molecule has 0 atom stereocenters. The van der Waals surface area contributed by atoms with E-state index in [0.717, 1.165) is 24.6 Å². The zero-order valence-corrected chi connectivity index (χ0v) is 13.5. The molecular weight excluding hydrogens is 278 g/mol. The summed E-state index contributed by atoms with van der Waals surface area (Å²) in [6.45, 7) is 4.64. The summed E-state index contributed by atoms with van der Waals surface area (Å²) in [5.41, 5.74) is 6.60. The number of methoxy groups -OCH3 is 1. The van der Waals surface area contributed by atoms with Crippen LogP contribution in [0.1, 0.15) is 50.3 Å². The second-order valence-corrected chi connectivity index (χ2v) is 6.31. The Morgan fingerprint density at radius 1 is 1.23 bits per heavy atom. The molecule has 0 unspecified atom stereocenters. The maximum Gasteiger partial charge on any atom is 0.242 e. The number of hydrogen-bond acceptors (Lipinski definition) is 6. The summed E-state index contributed by atoms with van der Waals surface area (Å²) in [4.78, 5) is 11.5. The van der Waals surface area contributed by atoms with Crippen molar-refractivity contribution in [3.63, 3.8) is 0 Å². The van der Waals surface area contributed by atoms with Gasteiger partial charge in [0.15, 0.2) is 5.82 Å². The Labute approximate surface area is 132 Å². The molecule has 2 aliphatic rings. The zero-order chi connectivity index (χ0) is 15.4. The number of likely N-dealkylation sites (tertiary alicyclic amines) is 1. The highest BCUT2D eigenvalue weighted by atomic mass is 16.5. The lowest BCUT2D eigenvalue weighted by molar-refractivity contribution is 0.331. The molecule has 3 N–H and O–H groups in total. The first-order valence-electron chi connectivity index (χ1n) is 8.45. The molecule has 0 amide bonds. The Hall–Kier alpha value is -1.56. The number of rotatable bonds is 8. The van der Waals surface area contributed by atoms with E-state index in [1.807, 2.05) is 0 Å². The van der Waals surface area contributed by atoms with Gasteiger partial charge < -0.3 is 20.7 Å². The van der Waals surface area contributed by atoms with Crippen LogP contribution in [0, 0.1) is 0 Å². The van der Waals surface area contributed by atoms with Crippen LogP contribution in [0.2, 0.25) is 0 Å². The van der Waals surface area contributed by atoms with Crippen molar-refractivity contribution in [1.82, 2.24) is 14.9 Å². The average Bonchev–Trinajstić information content (AvgIpc) is 3.25. The molecule has 0 radical (unpaired) electrons. The smallest absolute Gasteiger partial charge is 0.242 e. The van der Waals surface area contributed by atoms with Crippen molar-refractivity contribution < 1.29 is 4.74 Å². The highest BCUT2D eigenvalue weighted by Crippen LogP contribution is 2.40. The van der Waals surface area contributed by atoms with E-state index in [1.54, 1.807) is 7.11 Å². The minimum Gasteiger partial charge on any atom is -0.479 e. The van der Waals surface area contributed by atoms with Crippen molar-refractivity contribution in [2.75, 3.05) is 44.3 Å². The number of nitrogen functional groups attached to an aromatic ring is 1. The Kier molecular flexibility index (Phi) is 4.97. The first-order valence-corrected chi connectivity index (χ1v) is 8.45. The summed E-state index contributed by atoms with van der Waals surface area (Å²) in [6.07, 6.45) is 7.40. The van der Waals surface area contributed by atoms with Gasteiger partial charge in [0.1, 0.15) is 11.5 Å². The predicted octanol–water partition coefficient (Wildman–Crippen LogP) is 2.23. The number of ether oxygens (including phenoxy) is 1. The van der Waals surface area contributed by atoms with Gasteiger partial charge in [0, 0.05) is 12.5 Å². The molecule has 6 nitrogen and oxygen atoms in total. The second-order valence-electron chi connectivity index (χ2n) is 6.31. The topological polar surface area (TPSA) is 76.3 Å². The van der Waals surface area contributed by atoms with Crippen molar-refractivity contribution >= 4 is 11.5 Å². The number of unbranched alkanes of at least 4 members (excludes halogenated alkanes) is 1. The van der Waals surface area contributed by atoms with E-state index >= 15 is 0 Å². The van der Waals surface area contributed by atoms with E-state index in [9.17, 15) is 0 Å². The lowest BCUT2D eigenvalue weighted by Gasteiger charge is -2.15. The molecule has 1 saturated heterocycles. The summed E-state index contributed by atoms with van der Waals surface area (Å²) < 4.78 is 5.28. The highest BCUT2D eigenvalue weighted by molar-refractivity contribution is 5.67. The van der Waals surface area contributed by atoms with E-state index < -0.39 is 0 Å². The van der Waals surface area contributed by atoms with Crippen molar-refractivity contribution in [3.05, 3.63) is 5.82 Å². The van der Waals surface area contributed by atoms with Crippen LogP contribution in [0.5, 0.6) is 5.88 Å². The summed E-state index contributed by atoms with van der Waals surface area (Å²) in [5.74, 6) is 2.59. The standard InChI is InChI=1S/C16H27N5O/c1-22-16-13(17)15(19-14(20-16)12-6-7-12)18-8-2-3-9-21-10-4-5-11-21/h12H,2-11,17H2,1H3,(H,18,19,20). The molecule has 2 fully saturated rings. The first-order chi connectivity index (χ1) is 10.8. The molecular formula is C16H27N5O. The number of anilines is 2. The molecule has 3 rings (SSSR count). The quantitative estimate of drug-likeness (QED) is 0.717. The Balaban J connectivity index is 1.49. The summed E-state index contributed by atoms with van der Waals surface area (Å²) in [7, 11) is 1.61. The lowest BCUT2D eigenvalue weighted by Crippen LogP contribution is -2.21. The third-order valence-corrected chi connectivity index (χ3v) is 4.46. The van der Waals surface area contributed by atoms with Gasteiger partial charge in [-0.3, -0.25) is 0 Å². The number of nitrogens with zero attached hydrogens (tertiary/aromatic N) is 3. The predicted molar refractivity (Wildman–Crippen MR) is 88.4 cm³/mol. The monoisotopic (exact) mass is 305 g/mol. The molecule has 6 heteroatoms. The van der Waals surface area contributed by atoms with Gasteiger partial charge in [0.25, 0.3) is 0 Å². The number of aromatic nitrogens is 2. The lowest BCUT2D eigenvalue weighted by atomic mass is 10.3. The van der Waals surface area contributed by atoms with Crippen LogP contribution in [0.15, 0.2) is 0 Å². The van der Waals surface area contributed by atoms with Gasteiger partial charge in [0.05, 0.1) is 7.11 Å². The first kappa shape index (κ1) is 15.3. The van der Waals surface area contributed by atoms with Crippen LogP contribution in [-0.4, -0.2) is 48.2 Å². The third kappa shape index (κ3) is 3.80. The van der Waals surface area contributed by atoms with Gasteiger partial charge in [-0.15, -0.1) is 0 Å². The fourth-order valence-electron chi connectivity index (χ4n) is 2.95. The second kappa shape index (κ2) is 7.13. The fourth-order valence-corrected chi connectivity index (χ4v) is 2.95. The van der Waals surface area contributed by atoms with Crippen LogP contribution in [0.3, 0.4) is 0 Å². The minimum absolute atomic E-state index is 0.491. The molecule has 0 aromatic carbocycles. The molecule has 1 aliphatic heterocycles. The van der Waals surface area contributed by atoms with E-state index in [2.05, 4.69) is 20.2 Å². The van der Waals surface area contributed by atoms with Gasteiger partial charge in [0.2, 0.25) is 5.88 Å². The summed E-state index contributed by atoms with van der Waals surface area (Å²) in [6, 6.07) is 0. The van der Waals surface area contributed by atoms with Crippen molar-refractivity contribution in [3.8, 4) is 5.88 Å². The van der Waals surface area contributed by atoms with Gasteiger partial charge >= 0.3 is 0 Å². The Bertz CT molecular complexity index is 498.